The van der Waals surface area contributed by atoms with Gasteiger partial charge in [-0.2, -0.15) is 0 Å². The summed E-state index contributed by atoms with van der Waals surface area (Å²) in [5.74, 6) is -0.176. The third-order valence-electron chi connectivity index (χ3n) is 2.98. The van der Waals surface area contributed by atoms with Crippen LogP contribution in [0.4, 0.5) is 0 Å². The van der Waals surface area contributed by atoms with Gasteiger partial charge in [-0.05, 0) is 13.0 Å². The Balaban J connectivity index is 3.12. The highest BCUT2D eigenvalue weighted by atomic mass is 32.2. The number of hydrogen-bond acceptors (Lipinski definition) is 5. The van der Waals surface area contributed by atoms with Crippen molar-refractivity contribution >= 4 is 9.84 Å². The molecular weight excluding hydrogens is 266 g/mol. The number of benzene rings is 1. The first-order valence-corrected chi connectivity index (χ1v) is 8.05. The lowest BCUT2D eigenvalue weighted by Crippen LogP contribution is -2.32. The van der Waals surface area contributed by atoms with Crippen molar-refractivity contribution in [1.82, 2.24) is 0 Å². The number of nitrogens with two attached hydrogens (primary N) is 1. The second-order valence-corrected chi connectivity index (χ2v) is 6.93. The van der Waals surface area contributed by atoms with E-state index in [1.165, 1.54) is 7.11 Å². The average Bonchev–Trinajstić information content (AvgIpc) is 2.28. The van der Waals surface area contributed by atoms with Crippen LogP contribution in [0.2, 0.25) is 0 Å². The van der Waals surface area contributed by atoms with Gasteiger partial charge in [0, 0.05) is 24.3 Å². The molecule has 19 heavy (non-hydrogen) atoms. The fraction of sp³-hybridized carbons (Fsp3) is 0.538. The van der Waals surface area contributed by atoms with E-state index in [1.54, 1.807) is 6.07 Å². The topological polar surface area (TPSA) is 89.6 Å². The molecule has 108 valence electrons. The molecule has 0 heterocycles. The second-order valence-electron chi connectivity index (χ2n) is 4.75. The van der Waals surface area contributed by atoms with Crippen LogP contribution in [0.5, 0.6) is 5.75 Å². The summed E-state index contributed by atoms with van der Waals surface area (Å²) in [4.78, 5) is 0. The minimum absolute atomic E-state index is 0.149. The lowest BCUT2D eigenvalue weighted by molar-refractivity contribution is 0.165. The highest BCUT2D eigenvalue weighted by Crippen LogP contribution is 2.30. The lowest BCUT2D eigenvalue weighted by Gasteiger charge is -2.23. The van der Waals surface area contributed by atoms with Crippen LogP contribution in [0.15, 0.2) is 18.2 Å². The van der Waals surface area contributed by atoms with Crippen molar-refractivity contribution < 1.29 is 18.3 Å². The van der Waals surface area contributed by atoms with Gasteiger partial charge in [0.2, 0.25) is 0 Å². The van der Waals surface area contributed by atoms with Crippen LogP contribution in [0, 0.1) is 6.92 Å². The molecule has 1 rings (SSSR count). The van der Waals surface area contributed by atoms with Crippen molar-refractivity contribution in [2.45, 2.75) is 18.9 Å². The first kappa shape index (κ1) is 15.9. The highest BCUT2D eigenvalue weighted by molar-refractivity contribution is 7.90. The number of aliphatic hydroxyl groups is 1. The third kappa shape index (κ3) is 4.49. The van der Waals surface area contributed by atoms with Crippen LogP contribution in [0.25, 0.3) is 0 Å². The van der Waals surface area contributed by atoms with Crippen LogP contribution in [0.3, 0.4) is 0 Å². The van der Waals surface area contributed by atoms with E-state index in [-0.39, 0.29) is 12.3 Å². The average molecular weight is 287 g/mol. The van der Waals surface area contributed by atoms with Crippen LogP contribution in [-0.4, -0.2) is 45.3 Å². The summed E-state index contributed by atoms with van der Waals surface area (Å²) in [6.07, 6.45) is 0.0489. The molecule has 2 unspecified atom stereocenters. The summed E-state index contributed by atoms with van der Waals surface area (Å²) in [7, 11) is -1.73. The lowest BCUT2D eigenvalue weighted by atomic mass is 9.92. The maximum atomic E-state index is 11.3. The van der Waals surface area contributed by atoms with Crippen molar-refractivity contribution in [1.29, 1.82) is 0 Å². The molecule has 5 nitrogen and oxygen atoms in total. The summed E-state index contributed by atoms with van der Waals surface area (Å²) in [5.41, 5.74) is 7.43. The van der Waals surface area contributed by atoms with Crippen LogP contribution in [0.1, 0.15) is 17.0 Å². The Labute approximate surface area is 114 Å². The second kappa shape index (κ2) is 6.36. The maximum Gasteiger partial charge on any atom is 0.150 e. The molecule has 1 aromatic rings. The standard InChI is InChI=1S/C13H21NO4S/c1-9-4-5-13(18-2)10(6-9)11(7-14)12(15)8-19(3,16)17/h4-6,11-12,15H,7-8,14H2,1-3H3. The molecule has 0 saturated carbocycles. The van der Waals surface area contributed by atoms with Gasteiger partial charge in [0.15, 0.2) is 0 Å². The molecule has 0 spiro atoms. The maximum absolute atomic E-state index is 11.3. The van der Waals surface area contributed by atoms with Crippen molar-refractivity contribution in [3.05, 3.63) is 29.3 Å². The van der Waals surface area contributed by atoms with E-state index >= 15 is 0 Å². The Morgan fingerprint density at radius 2 is 2.05 bits per heavy atom. The first-order valence-electron chi connectivity index (χ1n) is 5.99. The summed E-state index contributed by atoms with van der Waals surface area (Å²) in [6, 6.07) is 5.54. The van der Waals surface area contributed by atoms with E-state index in [2.05, 4.69) is 0 Å². The monoisotopic (exact) mass is 287 g/mol. The predicted octanol–water partition coefficient (Wildman–Crippen LogP) is 0.451. The normalized spacial score (nSPS) is 15.0. The van der Waals surface area contributed by atoms with E-state index < -0.39 is 21.9 Å². The molecule has 2 atom stereocenters. The Kier molecular flexibility index (Phi) is 5.34. The number of methoxy groups -OCH3 is 1. The van der Waals surface area contributed by atoms with Crippen molar-refractivity contribution in [2.24, 2.45) is 5.73 Å². The molecule has 0 fully saturated rings. The predicted molar refractivity (Wildman–Crippen MR) is 75.2 cm³/mol. The van der Waals surface area contributed by atoms with Gasteiger partial charge in [0.1, 0.15) is 15.6 Å². The molecule has 0 bridgehead atoms. The van der Waals surface area contributed by atoms with Gasteiger partial charge in [-0.15, -0.1) is 0 Å². The fourth-order valence-electron chi connectivity index (χ4n) is 2.06. The zero-order chi connectivity index (χ0) is 14.6. The Bertz CT molecular complexity index is 527. The van der Waals surface area contributed by atoms with Gasteiger partial charge in [-0.1, -0.05) is 17.7 Å². The number of sulfone groups is 1. The number of hydrogen-bond donors (Lipinski definition) is 2. The Morgan fingerprint density at radius 3 is 2.53 bits per heavy atom. The van der Waals surface area contributed by atoms with E-state index in [4.69, 9.17) is 10.5 Å². The molecule has 0 aliphatic rings. The smallest absolute Gasteiger partial charge is 0.150 e. The SMILES string of the molecule is COc1ccc(C)cc1C(CN)C(O)CS(C)(=O)=O. The largest absolute Gasteiger partial charge is 0.496 e. The molecule has 0 aromatic heterocycles. The van der Waals surface area contributed by atoms with Gasteiger partial charge in [0.05, 0.1) is 19.0 Å². The minimum Gasteiger partial charge on any atom is -0.496 e. The van der Waals surface area contributed by atoms with Gasteiger partial charge < -0.3 is 15.6 Å². The molecular formula is C13H21NO4S. The van der Waals surface area contributed by atoms with E-state index in [9.17, 15) is 13.5 Å². The molecule has 0 aliphatic carbocycles. The van der Waals surface area contributed by atoms with Crippen LogP contribution in [-0.2, 0) is 9.84 Å². The summed E-state index contributed by atoms with van der Waals surface area (Å²) >= 11 is 0. The molecule has 1 aromatic carbocycles. The molecule has 6 heteroatoms. The van der Waals surface area contributed by atoms with Crippen LogP contribution >= 0.6 is 0 Å². The van der Waals surface area contributed by atoms with Crippen molar-refractivity contribution in [3.8, 4) is 5.75 Å². The third-order valence-corrected chi connectivity index (χ3v) is 3.92. The number of ether oxygens (including phenoxy) is 1. The Hall–Kier alpha value is -1.11. The zero-order valence-electron chi connectivity index (χ0n) is 11.5. The van der Waals surface area contributed by atoms with E-state index in [0.29, 0.717) is 5.75 Å². The van der Waals surface area contributed by atoms with Gasteiger partial charge in [-0.3, -0.25) is 0 Å². The van der Waals surface area contributed by atoms with E-state index in [0.717, 1.165) is 17.4 Å². The molecule has 0 radical (unpaired) electrons. The molecule has 0 aliphatic heterocycles. The quantitative estimate of drug-likeness (QED) is 0.793. The highest BCUT2D eigenvalue weighted by Gasteiger charge is 2.26. The van der Waals surface area contributed by atoms with Crippen LogP contribution < -0.4 is 10.5 Å². The van der Waals surface area contributed by atoms with Gasteiger partial charge in [-0.25, -0.2) is 8.42 Å². The molecule has 3 N–H and O–H groups in total. The van der Waals surface area contributed by atoms with Crippen molar-refractivity contribution in [3.63, 3.8) is 0 Å². The van der Waals surface area contributed by atoms with Gasteiger partial charge in [0.25, 0.3) is 0 Å². The van der Waals surface area contributed by atoms with E-state index in [1.807, 2.05) is 19.1 Å². The Morgan fingerprint density at radius 1 is 1.42 bits per heavy atom. The number of rotatable bonds is 6. The molecule has 0 saturated heterocycles. The fourth-order valence-corrected chi connectivity index (χ4v) is 2.91. The molecule has 0 amide bonds. The minimum atomic E-state index is -3.26. The summed E-state index contributed by atoms with van der Waals surface area (Å²) < 4.78 is 27.8. The summed E-state index contributed by atoms with van der Waals surface area (Å²) in [6.45, 7) is 2.07. The first-order chi connectivity index (χ1) is 8.78. The van der Waals surface area contributed by atoms with Crippen molar-refractivity contribution in [2.75, 3.05) is 25.7 Å². The van der Waals surface area contributed by atoms with Gasteiger partial charge >= 0.3 is 0 Å². The zero-order valence-corrected chi connectivity index (χ0v) is 12.3. The summed E-state index contributed by atoms with van der Waals surface area (Å²) in [5, 5.41) is 10.1. The number of aryl methyl sites for hydroxylation is 1. The number of aliphatic hydroxyl groups excluding tert-OH is 1.